The van der Waals surface area contributed by atoms with Crippen molar-refractivity contribution in [3.8, 4) is 11.6 Å². The number of nitrogens with one attached hydrogen (secondary N) is 1. The molecule has 4 N–H and O–H groups in total. The van der Waals surface area contributed by atoms with Gasteiger partial charge < -0.3 is 15.6 Å². The molecule has 0 aliphatic rings. The van der Waals surface area contributed by atoms with Gasteiger partial charge in [0.15, 0.2) is 12.3 Å². The summed E-state index contributed by atoms with van der Waals surface area (Å²) in [5.41, 5.74) is 3.98. The second-order valence-corrected chi connectivity index (χ2v) is 4.66. The zero-order valence-corrected chi connectivity index (χ0v) is 12.4. The Hall–Kier alpha value is -2.64. The first-order chi connectivity index (χ1) is 11.7. The Labute approximate surface area is 139 Å². The number of pyridine rings is 1. The summed E-state index contributed by atoms with van der Waals surface area (Å²) >= 11 is 0. The van der Waals surface area contributed by atoms with E-state index in [4.69, 9.17) is 5.73 Å². The Morgan fingerprint density at radius 3 is 2.23 bits per heavy atom. The van der Waals surface area contributed by atoms with Crippen LogP contribution in [-0.2, 0) is 4.79 Å². The van der Waals surface area contributed by atoms with Gasteiger partial charge in [0, 0.05) is 6.07 Å². The van der Waals surface area contributed by atoms with Crippen LogP contribution in [-0.4, -0.2) is 53.1 Å². The van der Waals surface area contributed by atoms with Crippen LogP contribution in [0.5, 0.6) is 11.6 Å². The van der Waals surface area contributed by atoms with Crippen molar-refractivity contribution in [1.29, 1.82) is 0 Å². The van der Waals surface area contributed by atoms with Crippen LogP contribution >= 0.6 is 0 Å². The summed E-state index contributed by atoms with van der Waals surface area (Å²) in [5.74, 6) is -16.2. The van der Waals surface area contributed by atoms with Crippen LogP contribution in [0.3, 0.4) is 0 Å². The number of hydrogen-bond acceptors (Lipinski definition) is 6. The van der Waals surface area contributed by atoms with Gasteiger partial charge in [-0.05, 0) is 6.07 Å². The molecule has 0 aliphatic heterocycles. The summed E-state index contributed by atoms with van der Waals surface area (Å²) in [6.07, 6.45) is -6.53. The smallest absolute Gasteiger partial charge is 0.460 e. The number of halogens is 7. The fourth-order valence-electron chi connectivity index (χ4n) is 1.38. The summed E-state index contributed by atoms with van der Waals surface area (Å²) in [4.78, 5) is 25.7. The summed E-state index contributed by atoms with van der Waals surface area (Å²) in [6, 6.07) is 1.28. The molecule has 1 heterocycles. The summed E-state index contributed by atoms with van der Waals surface area (Å²) in [6.45, 7) is -3.05. The van der Waals surface area contributed by atoms with E-state index >= 15 is 0 Å². The van der Waals surface area contributed by atoms with Gasteiger partial charge in [0.1, 0.15) is 5.75 Å². The van der Waals surface area contributed by atoms with E-state index in [1.807, 2.05) is 0 Å². The number of nitrogens with zero attached hydrogens (tertiary/aromatic N) is 1. The third-order valence-electron chi connectivity index (χ3n) is 2.72. The number of aromatic hydroxyl groups is 1. The molecule has 26 heavy (non-hydrogen) atoms. The SMILES string of the molecule is NCC(=O)NC(=O)c1nc(OCC(F)(F)C(F)(F)C(F)(F)F)ccc1O. The van der Waals surface area contributed by atoms with Gasteiger partial charge in [0.2, 0.25) is 11.8 Å². The van der Waals surface area contributed by atoms with Gasteiger partial charge in [-0.25, -0.2) is 4.98 Å². The average molecular weight is 393 g/mol. The average Bonchev–Trinajstić information content (AvgIpc) is 2.52. The number of hydrogen-bond donors (Lipinski definition) is 3. The molecule has 0 aliphatic carbocycles. The number of ether oxygens (including phenoxy) is 1. The van der Waals surface area contributed by atoms with E-state index in [9.17, 15) is 45.4 Å². The molecule has 146 valence electrons. The second-order valence-electron chi connectivity index (χ2n) is 4.66. The van der Waals surface area contributed by atoms with Crippen LogP contribution < -0.4 is 15.8 Å². The third-order valence-corrected chi connectivity index (χ3v) is 2.72. The molecule has 0 aromatic carbocycles. The van der Waals surface area contributed by atoms with Gasteiger partial charge >= 0.3 is 18.0 Å². The molecular weight excluding hydrogens is 383 g/mol. The minimum absolute atomic E-state index is 0.624. The lowest BCUT2D eigenvalue weighted by Gasteiger charge is -2.27. The molecule has 14 heteroatoms. The second kappa shape index (κ2) is 7.31. The largest absolute Gasteiger partial charge is 0.505 e. The normalized spacial score (nSPS) is 12.6. The Kier molecular flexibility index (Phi) is 6.02. The predicted octanol–water partition coefficient (Wildman–Crippen LogP) is 1.21. The van der Waals surface area contributed by atoms with Gasteiger partial charge in [-0.3, -0.25) is 14.9 Å². The van der Waals surface area contributed by atoms with E-state index in [1.165, 1.54) is 0 Å². The molecule has 0 spiro atoms. The molecular formula is C12H10F7N3O4. The van der Waals surface area contributed by atoms with E-state index < -0.39 is 60.3 Å². The van der Waals surface area contributed by atoms with Gasteiger partial charge in [0.25, 0.3) is 5.91 Å². The summed E-state index contributed by atoms with van der Waals surface area (Å²) < 4.78 is 91.8. The highest BCUT2D eigenvalue weighted by Crippen LogP contribution is 2.46. The van der Waals surface area contributed by atoms with E-state index in [0.717, 1.165) is 0 Å². The highest BCUT2D eigenvalue weighted by molar-refractivity contribution is 6.05. The Morgan fingerprint density at radius 1 is 1.15 bits per heavy atom. The number of imide groups is 1. The van der Waals surface area contributed by atoms with Gasteiger partial charge in [-0.15, -0.1) is 0 Å². The van der Waals surface area contributed by atoms with Crippen molar-refractivity contribution in [2.24, 2.45) is 5.73 Å². The molecule has 0 radical (unpaired) electrons. The van der Waals surface area contributed by atoms with Crippen LogP contribution in [0.15, 0.2) is 12.1 Å². The maximum atomic E-state index is 13.1. The summed E-state index contributed by atoms with van der Waals surface area (Å²) in [5, 5.41) is 11.0. The molecule has 0 saturated carbocycles. The minimum Gasteiger partial charge on any atom is -0.505 e. The van der Waals surface area contributed by atoms with E-state index in [2.05, 4.69) is 9.72 Å². The van der Waals surface area contributed by atoms with Crippen molar-refractivity contribution in [3.63, 3.8) is 0 Å². The van der Waals surface area contributed by atoms with Crippen LogP contribution in [0.1, 0.15) is 10.5 Å². The monoisotopic (exact) mass is 393 g/mol. The van der Waals surface area contributed by atoms with Crippen molar-refractivity contribution in [2.75, 3.05) is 13.2 Å². The lowest BCUT2D eigenvalue weighted by molar-refractivity contribution is -0.358. The number of carbonyl (C=O) groups is 2. The zero-order chi connectivity index (χ0) is 20.3. The molecule has 1 aromatic heterocycles. The van der Waals surface area contributed by atoms with Crippen molar-refractivity contribution in [1.82, 2.24) is 10.3 Å². The quantitative estimate of drug-likeness (QED) is 0.626. The lowest BCUT2D eigenvalue weighted by atomic mass is 10.2. The zero-order valence-electron chi connectivity index (χ0n) is 12.4. The topological polar surface area (TPSA) is 115 Å². The molecule has 0 saturated heterocycles. The minimum atomic E-state index is -6.53. The number of rotatable bonds is 6. The van der Waals surface area contributed by atoms with Crippen molar-refractivity contribution in [2.45, 2.75) is 18.0 Å². The molecule has 0 unspecified atom stereocenters. The van der Waals surface area contributed by atoms with Crippen LogP contribution in [0.25, 0.3) is 0 Å². The highest BCUT2D eigenvalue weighted by Gasteiger charge is 2.73. The van der Waals surface area contributed by atoms with Crippen LogP contribution in [0.4, 0.5) is 30.7 Å². The number of nitrogens with two attached hydrogens (primary N) is 1. The third kappa shape index (κ3) is 4.50. The number of aromatic nitrogens is 1. The Balaban J connectivity index is 2.97. The van der Waals surface area contributed by atoms with Crippen molar-refractivity contribution in [3.05, 3.63) is 17.8 Å². The highest BCUT2D eigenvalue weighted by atomic mass is 19.4. The van der Waals surface area contributed by atoms with Gasteiger partial charge in [-0.2, -0.15) is 30.7 Å². The van der Waals surface area contributed by atoms with E-state index in [1.54, 1.807) is 5.32 Å². The first-order valence-electron chi connectivity index (χ1n) is 6.42. The van der Waals surface area contributed by atoms with Gasteiger partial charge in [0.05, 0.1) is 6.54 Å². The molecule has 1 rings (SSSR count). The molecule has 0 fully saturated rings. The maximum Gasteiger partial charge on any atom is 0.460 e. The number of amides is 2. The van der Waals surface area contributed by atoms with Crippen molar-refractivity contribution < 1.29 is 50.2 Å². The fraction of sp³-hybridized carbons (Fsp3) is 0.417. The Morgan fingerprint density at radius 2 is 1.73 bits per heavy atom. The van der Waals surface area contributed by atoms with E-state index in [0.29, 0.717) is 12.1 Å². The number of carbonyl (C=O) groups excluding carboxylic acids is 2. The molecule has 2 amide bonds. The van der Waals surface area contributed by atoms with Crippen LogP contribution in [0.2, 0.25) is 0 Å². The Bertz CT molecular complexity index is 694. The van der Waals surface area contributed by atoms with E-state index in [-0.39, 0.29) is 0 Å². The number of alkyl halides is 7. The lowest BCUT2D eigenvalue weighted by Crippen LogP contribution is -2.54. The first-order valence-corrected chi connectivity index (χ1v) is 6.42. The standard InChI is InChI=1S/C12H10F7N3O4/c13-10(14,11(15,16)12(17,18)19)4-26-7-2-1-5(23)8(22-7)9(25)21-6(24)3-20/h1-2,23H,3-4,20H2,(H,21,24,25). The van der Waals surface area contributed by atoms with Crippen LogP contribution in [0, 0.1) is 0 Å². The first kappa shape index (κ1) is 21.4. The summed E-state index contributed by atoms with van der Waals surface area (Å²) in [7, 11) is 0. The molecule has 0 bridgehead atoms. The molecule has 1 aromatic rings. The van der Waals surface area contributed by atoms with Crippen molar-refractivity contribution >= 4 is 11.8 Å². The molecule has 0 atom stereocenters. The molecule has 7 nitrogen and oxygen atoms in total. The van der Waals surface area contributed by atoms with Gasteiger partial charge in [-0.1, -0.05) is 0 Å². The fourth-order valence-corrected chi connectivity index (χ4v) is 1.38. The predicted molar refractivity (Wildman–Crippen MR) is 68.9 cm³/mol. The maximum absolute atomic E-state index is 13.1.